The fourth-order valence-corrected chi connectivity index (χ4v) is 4.68. The van der Waals surface area contributed by atoms with E-state index in [-0.39, 0.29) is 0 Å². The lowest BCUT2D eigenvalue weighted by Gasteiger charge is -2.30. The highest BCUT2D eigenvalue weighted by Crippen LogP contribution is 2.45. The maximum absolute atomic E-state index is 3.61. The number of rotatable bonds is 7. The molecule has 1 aliphatic rings. The quantitative estimate of drug-likeness (QED) is 0.724. The van der Waals surface area contributed by atoms with Crippen molar-refractivity contribution in [1.29, 1.82) is 0 Å². The third-order valence-electron chi connectivity index (χ3n) is 4.94. The Hall–Kier alpha value is -0.340. The topological polar surface area (TPSA) is 12.0 Å². The summed E-state index contributed by atoms with van der Waals surface area (Å²) in [6, 6.07) is 3.03. The number of thiophene rings is 1. The van der Waals surface area contributed by atoms with Gasteiger partial charge in [-0.15, -0.1) is 11.3 Å². The Kier molecular flexibility index (Phi) is 5.68. The monoisotopic (exact) mass is 293 g/mol. The Balaban J connectivity index is 1.90. The summed E-state index contributed by atoms with van der Waals surface area (Å²) >= 11 is 1.96. The highest BCUT2D eigenvalue weighted by Gasteiger charge is 2.33. The second-order valence-electron chi connectivity index (χ2n) is 7.00. The summed E-state index contributed by atoms with van der Waals surface area (Å²) in [7, 11) is 0. The average molecular weight is 294 g/mol. The van der Waals surface area contributed by atoms with Crippen molar-refractivity contribution in [2.24, 2.45) is 5.41 Å². The van der Waals surface area contributed by atoms with Crippen LogP contribution in [0.3, 0.4) is 0 Å². The van der Waals surface area contributed by atoms with Gasteiger partial charge in [0.05, 0.1) is 0 Å². The van der Waals surface area contributed by atoms with Crippen LogP contribution in [0.1, 0.15) is 67.7 Å². The van der Waals surface area contributed by atoms with E-state index < -0.39 is 0 Å². The largest absolute Gasteiger partial charge is 0.315 e. The van der Waals surface area contributed by atoms with E-state index in [4.69, 9.17) is 0 Å². The van der Waals surface area contributed by atoms with Crippen molar-refractivity contribution in [3.8, 4) is 0 Å². The minimum absolute atomic E-state index is 0.621. The molecule has 0 radical (unpaired) electrons. The highest BCUT2D eigenvalue weighted by molar-refractivity contribution is 7.12. The van der Waals surface area contributed by atoms with Crippen molar-refractivity contribution in [3.05, 3.63) is 21.4 Å². The van der Waals surface area contributed by atoms with Gasteiger partial charge in [-0.25, -0.2) is 0 Å². The van der Waals surface area contributed by atoms with Crippen LogP contribution in [-0.4, -0.2) is 12.6 Å². The molecular formula is C18H31NS. The van der Waals surface area contributed by atoms with E-state index in [1.54, 1.807) is 5.56 Å². The van der Waals surface area contributed by atoms with E-state index in [0.717, 1.165) is 0 Å². The third kappa shape index (κ3) is 4.33. The molecule has 20 heavy (non-hydrogen) atoms. The summed E-state index contributed by atoms with van der Waals surface area (Å²) in [5.41, 5.74) is 2.24. The summed E-state index contributed by atoms with van der Waals surface area (Å²) in [6.45, 7) is 10.2. The number of hydrogen-bond donors (Lipinski definition) is 1. The first-order valence-electron chi connectivity index (χ1n) is 8.30. The molecule has 0 aromatic carbocycles. The molecule has 2 heteroatoms. The molecule has 1 fully saturated rings. The Morgan fingerprint density at radius 2 is 1.90 bits per heavy atom. The van der Waals surface area contributed by atoms with Crippen molar-refractivity contribution in [1.82, 2.24) is 5.32 Å². The normalized spacial score (nSPS) is 18.1. The van der Waals surface area contributed by atoms with Gasteiger partial charge >= 0.3 is 0 Å². The average Bonchev–Trinajstić information content (AvgIpc) is 2.94. The molecule has 0 aliphatic heterocycles. The fourth-order valence-electron chi connectivity index (χ4n) is 3.71. The Morgan fingerprint density at radius 1 is 1.20 bits per heavy atom. The number of nitrogens with one attached hydrogen (secondary N) is 1. The van der Waals surface area contributed by atoms with Crippen molar-refractivity contribution < 1.29 is 0 Å². The van der Waals surface area contributed by atoms with Gasteiger partial charge in [0, 0.05) is 15.8 Å². The van der Waals surface area contributed by atoms with Crippen LogP contribution < -0.4 is 5.32 Å². The predicted octanol–water partition coefficient (Wildman–Crippen LogP) is 5.25. The zero-order chi connectivity index (χ0) is 14.6. The molecule has 1 aliphatic carbocycles. The third-order valence-corrected chi connectivity index (χ3v) is 5.95. The first-order chi connectivity index (χ1) is 9.51. The maximum atomic E-state index is 3.61. The second-order valence-corrected chi connectivity index (χ2v) is 8.46. The molecule has 1 saturated carbocycles. The van der Waals surface area contributed by atoms with E-state index in [1.807, 2.05) is 11.3 Å². The molecule has 1 heterocycles. The summed E-state index contributed by atoms with van der Waals surface area (Å²) < 4.78 is 0. The van der Waals surface area contributed by atoms with Crippen LogP contribution in [0.15, 0.2) is 6.07 Å². The second kappa shape index (κ2) is 7.09. The predicted molar refractivity (Wildman–Crippen MR) is 90.8 cm³/mol. The molecule has 1 N–H and O–H groups in total. The molecule has 0 saturated heterocycles. The van der Waals surface area contributed by atoms with Gasteiger partial charge in [0.1, 0.15) is 0 Å². The minimum atomic E-state index is 0.621. The summed E-state index contributed by atoms with van der Waals surface area (Å²) in [5.74, 6) is 0. The molecule has 1 aromatic heterocycles. The Morgan fingerprint density at radius 3 is 2.45 bits per heavy atom. The summed E-state index contributed by atoms with van der Waals surface area (Å²) in [6.07, 6.45) is 9.85. The van der Waals surface area contributed by atoms with Crippen LogP contribution in [0, 0.1) is 19.3 Å². The number of hydrogen-bond acceptors (Lipinski definition) is 2. The van der Waals surface area contributed by atoms with Gasteiger partial charge in [0.15, 0.2) is 0 Å². The van der Waals surface area contributed by atoms with Gasteiger partial charge in [-0.05, 0) is 69.5 Å². The smallest absolute Gasteiger partial charge is 0.00490 e. The van der Waals surface area contributed by atoms with Crippen LogP contribution in [0.25, 0.3) is 0 Å². The fraction of sp³-hybridized carbons (Fsp3) is 0.778. The van der Waals surface area contributed by atoms with Gasteiger partial charge in [-0.1, -0.05) is 26.7 Å². The summed E-state index contributed by atoms with van der Waals surface area (Å²) in [5, 5.41) is 3.61. The molecule has 0 spiro atoms. The molecule has 0 amide bonds. The van der Waals surface area contributed by atoms with Gasteiger partial charge in [0.25, 0.3) is 0 Å². The standard InChI is InChI=1S/C18H31NS/c1-14(2)19-12-11-18(8-5-6-9-18)10-7-17-13-15(3)20-16(17)4/h13-14,19H,5-12H2,1-4H3. The zero-order valence-electron chi connectivity index (χ0n) is 13.7. The van der Waals surface area contributed by atoms with Crippen molar-refractivity contribution in [2.75, 3.05) is 6.54 Å². The van der Waals surface area contributed by atoms with Crippen molar-refractivity contribution >= 4 is 11.3 Å². The molecular weight excluding hydrogens is 262 g/mol. The molecule has 2 rings (SSSR count). The van der Waals surface area contributed by atoms with Crippen LogP contribution >= 0.6 is 11.3 Å². The molecule has 114 valence electrons. The first kappa shape index (κ1) is 16.0. The van der Waals surface area contributed by atoms with Gasteiger partial charge in [-0.2, -0.15) is 0 Å². The van der Waals surface area contributed by atoms with Crippen LogP contribution in [0.4, 0.5) is 0 Å². The van der Waals surface area contributed by atoms with E-state index in [9.17, 15) is 0 Å². The molecule has 1 nitrogen and oxygen atoms in total. The van der Waals surface area contributed by atoms with E-state index in [0.29, 0.717) is 11.5 Å². The van der Waals surface area contributed by atoms with Gasteiger partial charge < -0.3 is 5.32 Å². The highest BCUT2D eigenvalue weighted by atomic mass is 32.1. The lowest BCUT2D eigenvalue weighted by molar-refractivity contribution is 0.242. The molecule has 0 bridgehead atoms. The molecule has 0 unspecified atom stereocenters. The summed E-state index contributed by atoms with van der Waals surface area (Å²) in [4.78, 5) is 3.01. The van der Waals surface area contributed by atoms with E-state index in [2.05, 4.69) is 39.1 Å². The maximum Gasteiger partial charge on any atom is 0.00490 e. The van der Waals surface area contributed by atoms with Gasteiger partial charge in [0.2, 0.25) is 0 Å². The first-order valence-corrected chi connectivity index (χ1v) is 9.12. The van der Waals surface area contributed by atoms with Crippen LogP contribution in [-0.2, 0) is 6.42 Å². The van der Waals surface area contributed by atoms with E-state index >= 15 is 0 Å². The minimum Gasteiger partial charge on any atom is -0.315 e. The number of aryl methyl sites for hydroxylation is 3. The van der Waals surface area contributed by atoms with E-state index in [1.165, 1.54) is 61.2 Å². The lowest BCUT2D eigenvalue weighted by Crippen LogP contribution is -2.29. The van der Waals surface area contributed by atoms with Crippen LogP contribution in [0.5, 0.6) is 0 Å². The van der Waals surface area contributed by atoms with Crippen LogP contribution in [0.2, 0.25) is 0 Å². The Labute approximate surface area is 129 Å². The van der Waals surface area contributed by atoms with Gasteiger partial charge in [-0.3, -0.25) is 0 Å². The SMILES string of the molecule is Cc1cc(CCC2(CCNC(C)C)CCCC2)c(C)s1. The van der Waals surface area contributed by atoms with Crippen molar-refractivity contribution in [2.45, 2.75) is 78.7 Å². The molecule has 1 aromatic rings. The lowest BCUT2D eigenvalue weighted by atomic mass is 9.77. The molecule has 0 atom stereocenters. The zero-order valence-corrected chi connectivity index (χ0v) is 14.5. The Bertz CT molecular complexity index is 413. The van der Waals surface area contributed by atoms with Crippen molar-refractivity contribution in [3.63, 3.8) is 0 Å².